The van der Waals surface area contributed by atoms with E-state index in [9.17, 15) is 4.79 Å². The Labute approximate surface area is 62.9 Å². The minimum Gasteiger partial charge on any atom is -0.299 e. The van der Waals surface area contributed by atoms with Crippen molar-refractivity contribution in [2.45, 2.75) is 24.1 Å². The number of rotatable bonds is 0. The molecule has 0 spiro atoms. The lowest BCUT2D eigenvalue weighted by atomic mass is 9.75. The molecular weight excluding hydrogens is 180 g/mol. The molecule has 0 heterocycles. The van der Waals surface area contributed by atoms with Crippen LogP contribution in [0.15, 0.2) is 0 Å². The van der Waals surface area contributed by atoms with E-state index in [1.54, 1.807) is 0 Å². The fourth-order valence-corrected chi connectivity index (χ4v) is 2.81. The number of Topliss-reactive ketones (excluding diaryl/α,β-unsaturated/α-hetero) is 1. The van der Waals surface area contributed by atoms with Gasteiger partial charge in [0.2, 0.25) is 0 Å². The van der Waals surface area contributed by atoms with E-state index in [0.717, 1.165) is 18.8 Å². The van der Waals surface area contributed by atoms with Crippen molar-refractivity contribution in [1.29, 1.82) is 0 Å². The van der Waals surface area contributed by atoms with Gasteiger partial charge in [0.15, 0.2) is 0 Å². The Morgan fingerprint density at radius 1 is 1.44 bits per heavy atom. The molecule has 0 saturated heterocycles. The van der Waals surface area contributed by atoms with E-state index in [1.807, 2.05) is 0 Å². The van der Waals surface area contributed by atoms with Crippen LogP contribution in [-0.2, 0) is 4.79 Å². The Hall–Kier alpha value is 0.150. The van der Waals surface area contributed by atoms with Crippen molar-refractivity contribution in [2.24, 2.45) is 11.8 Å². The van der Waals surface area contributed by atoms with Crippen LogP contribution < -0.4 is 0 Å². The Morgan fingerprint density at radius 2 is 2.22 bits per heavy atom. The maximum atomic E-state index is 10.8. The molecular formula is C7H9BrO. The Balaban J connectivity index is 2.08. The Morgan fingerprint density at radius 3 is 2.67 bits per heavy atom. The summed E-state index contributed by atoms with van der Waals surface area (Å²) in [6.07, 6.45) is 3.20. The van der Waals surface area contributed by atoms with Gasteiger partial charge in [0, 0.05) is 17.2 Å². The second-order valence-corrected chi connectivity index (χ2v) is 4.40. The highest BCUT2D eigenvalue weighted by Crippen LogP contribution is 2.46. The number of carbonyl (C=O) groups excluding carboxylic acids is 1. The van der Waals surface area contributed by atoms with Gasteiger partial charge in [-0.05, 0) is 18.8 Å². The molecule has 3 atom stereocenters. The molecule has 0 aromatic rings. The highest BCUT2D eigenvalue weighted by molar-refractivity contribution is 9.09. The molecule has 2 fully saturated rings. The van der Waals surface area contributed by atoms with Gasteiger partial charge in [-0.15, -0.1) is 0 Å². The zero-order valence-corrected chi connectivity index (χ0v) is 6.73. The van der Waals surface area contributed by atoms with Crippen LogP contribution in [0.2, 0.25) is 0 Å². The van der Waals surface area contributed by atoms with Crippen molar-refractivity contribution < 1.29 is 4.79 Å². The van der Waals surface area contributed by atoms with Crippen LogP contribution >= 0.6 is 15.9 Å². The topological polar surface area (TPSA) is 17.1 Å². The van der Waals surface area contributed by atoms with Gasteiger partial charge < -0.3 is 0 Å². The maximum absolute atomic E-state index is 10.8. The molecule has 2 aliphatic rings. The molecule has 0 bridgehead atoms. The maximum Gasteiger partial charge on any atom is 0.136 e. The molecule has 2 aliphatic carbocycles. The molecule has 9 heavy (non-hydrogen) atoms. The summed E-state index contributed by atoms with van der Waals surface area (Å²) in [5.41, 5.74) is 0. The van der Waals surface area contributed by atoms with Gasteiger partial charge in [-0.3, -0.25) is 4.79 Å². The largest absolute Gasteiger partial charge is 0.299 e. The SMILES string of the molecule is O=C1C[C@H]2C[C@@H](Br)C[C@@H]12. The van der Waals surface area contributed by atoms with Crippen LogP contribution in [0, 0.1) is 11.8 Å². The van der Waals surface area contributed by atoms with Crippen LogP contribution in [0.25, 0.3) is 0 Å². The second-order valence-electron chi connectivity index (χ2n) is 3.11. The molecule has 0 aromatic heterocycles. The number of halogens is 1. The van der Waals surface area contributed by atoms with E-state index in [1.165, 1.54) is 6.42 Å². The minimum absolute atomic E-state index is 0.453. The molecule has 2 rings (SSSR count). The summed E-state index contributed by atoms with van der Waals surface area (Å²) in [4.78, 5) is 11.5. The Kier molecular flexibility index (Phi) is 1.19. The van der Waals surface area contributed by atoms with E-state index < -0.39 is 0 Å². The van der Waals surface area contributed by atoms with Crippen molar-refractivity contribution in [2.75, 3.05) is 0 Å². The van der Waals surface area contributed by atoms with Gasteiger partial charge in [0.25, 0.3) is 0 Å². The predicted octanol–water partition coefficient (Wildman–Crippen LogP) is 1.75. The van der Waals surface area contributed by atoms with Gasteiger partial charge in [-0.2, -0.15) is 0 Å². The van der Waals surface area contributed by atoms with Gasteiger partial charge >= 0.3 is 0 Å². The molecule has 0 unspecified atom stereocenters. The lowest BCUT2D eigenvalue weighted by Crippen LogP contribution is -2.32. The highest BCUT2D eigenvalue weighted by atomic mass is 79.9. The molecule has 50 valence electrons. The highest BCUT2D eigenvalue weighted by Gasteiger charge is 2.45. The molecule has 2 saturated carbocycles. The summed E-state index contributed by atoms with van der Waals surface area (Å²) in [6.45, 7) is 0. The summed E-state index contributed by atoms with van der Waals surface area (Å²) in [6, 6.07) is 0. The van der Waals surface area contributed by atoms with Gasteiger partial charge in [-0.1, -0.05) is 15.9 Å². The standard InChI is InChI=1S/C7H9BrO/c8-5-1-4-2-7(9)6(4)3-5/h4-6H,1-3H2/t4-,5-,6-/m1/s1. The first kappa shape index (κ1) is 5.90. The van der Waals surface area contributed by atoms with Crippen LogP contribution in [0.3, 0.4) is 0 Å². The van der Waals surface area contributed by atoms with E-state index >= 15 is 0 Å². The van der Waals surface area contributed by atoms with E-state index in [-0.39, 0.29) is 0 Å². The normalized spacial score (nSPS) is 48.6. The number of carbonyl (C=O) groups is 1. The Bertz CT molecular complexity index is 155. The first-order valence-electron chi connectivity index (χ1n) is 3.44. The summed E-state index contributed by atoms with van der Waals surface area (Å²) in [7, 11) is 0. The van der Waals surface area contributed by atoms with Crippen molar-refractivity contribution in [1.82, 2.24) is 0 Å². The number of hydrogen-bond donors (Lipinski definition) is 0. The minimum atomic E-state index is 0.453. The zero-order valence-electron chi connectivity index (χ0n) is 5.14. The van der Waals surface area contributed by atoms with Crippen molar-refractivity contribution in [3.8, 4) is 0 Å². The second kappa shape index (κ2) is 1.82. The molecule has 0 radical (unpaired) electrons. The summed E-state index contributed by atoms with van der Waals surface area (Å²) < 4.78 is 0. The molecule has 0 aromatic carbocycles. The van der Waals surface area contributed by atoms with Crippen LogP contribution in [0.4, 0.5) is 0 Å². The number of ketones is 1. The predicted molar refractivity (Wildman–Crippen MR) is 38.6 cm³/mol. The third-order valence-electron chi connectivity index (χ3n) is 2.51. The molecule has 0 aliphatic heterocycles. The van der Waals surface area contributed by atoms with Crippen LogP contribution in [0.5, 0.6) is 0 Å². The average molecular weight is 189 g/mol. The van der Waals surface area contributed by atoms with E-state index in [0.29, 0.717) is 16.5 Å². The number of fused-ring (bicyclic) bond motifs is 1. The summed E-state index contributed by atoms with van der Waals surface area (Å²) in [5.74, 6) is 1.71. The fraction of sp³-hybridized carbons (Fsp3) is 0.857. The van der Waals surface area contributed by atoms with E-state index in [4.69, 9.17) is 0 Å². The third kappa shape index (κ3) is 0.759. The summed E-state index contributed by atoms with van der Waals surface area (Å²) in [5, 5.41) is 0. The van der Waals surface area contributed by atoms with Crippen LogP contribution in [-0.4, -0.2) is 10.6 Å². The first-order chi connectivity index (χ1) is 4.27. The van der Waals surface area contributed by atoms with Gasteiger partial charge in [0.05, 0.1) is 0 Å². The molecule has 0 N–H and O–H groups in total. The van der Waals surface area contributed by atoms with Gasteiger partial charge in [-0.25, -0.2) is 0 Å². The smallest absolute Gasteiger partial charge is 0.136 e. The first-order valence-corrected chi connectivity index (χ1v) is 4.35. The average Bonchev–Trinajstić information content (AvgIpc) is 2.08. The van der Waals surface area contributed by atoms with Crippen molar-refractivity contribution in [3.63, 3.8) is 0 Å². The lowest BCUT2D eigenvalue weighted by Gasteiger charge is -2.27. The third-order valence-corrected chi connectivity index (χ3v) is 3.26. The number of alkyl halides is 1. The lowest BCUT2D eigenvalue weighted by molar-refractivity contribution is -0.132. The molecule has 1 nitrogen and oxygen atoms in total. The zero-order chi connectivity index (χ0) is 6.43. The molecule has 2 heteroatoms. The van der Waals surface area contributed by atoms with Gasteiger partial charge in [0.1, 0.15) is 5.78 Å². The molecule has 0 amide bonds. The van der Waals surface area contributed by atoms with Crippen molar-refractivity contribution >= 4 is 21.7 Å². The van der Waals surface area contributed by atoms with E-state index in [2.05, 4.69) is 15.9 Å². The quantitative estimate of drug-likeness (QED) is 0.530. The fourth-order valence-electron chi connectivity index (χ4n) is 1.93. The monoisotopic (exact) mass is 188 g/mol. The number of hydrogen-bond acceptors (Lipinski definition) is 1. The van der Waals surface area contributed by atoms with Crippen molar-refractivity contribution in [3.05, 3.63) is 0 Å². The summed E-state index contributed by atoms with van der Waals surface area (Å²) >= 11 is 3.53. The van der Waals surface area contributed by atoms with Crippen LogP contribution in [0.1, 0.15) is 19.3 Å².